The lowest BCUT2D eigenvalue weighted by atomic mass is 10.2. The maximum atomic E-state index is 12.3. The summed E-state index contributed by atoms with van der Waals surface area (Å²) in [5.41, 5.74) is 0.554. The Balaban J connectivity index is 1.80. The number of hydrogen-bond acceptors (Lipinski definition) is 5. The lowest BCUT2D eigenvalue weighted by Gasteiger charge is -2.22. The lowest BCUT2D eigenvalue weighted by molar-refractivity contribution is -0.133. The van der Waals surface area contributed by atoms with Gasteiger partial charge in [-0.15, -0.1) is 0 Å². The van der Waals surface area contributed by atoms with Crippen molar-refractivity contribution in [2.24, 2.45) is 0 Å². The molecule has 0 aliphatic carbocycles. The molecule has 0 unspecified atom stereocenters. The number of likely N-dealkylation sites (N-methyl/N-ethyl adjacent to an activating group) is 1. The largest absolute Gasteiger partial charge is 0.484 e. The fraction of sp³-hybridized carbons (Fsp3) is 0.500. The molecule has 0 radical (unpaired) electrons. The first-order valence-electron chi connectivity index (χ1n) is 8.33. The molecule has 25 heavy (non-hydrogen) atoms. The molecule has 7 heteroatoms. The lowest BCUT2D eigenvalue weighted by Crippen LogP contribution is -2.40. The fourth-order valence-corrected chi connectivity index (χ4v) is 2.57. The number of amides is 2. The third-order valence-corrected chi connectivity index (χ3v) is 4.14. The van der Waals surface area contributed by atoms with Gasteiger partial charge < -0.3 is 14.5 Å². The Morgan fingerprint density at radius 3 is 2.52 bits per heavy atom. The minimum Gasteiger partial charge on any atom is -0.484 e. The van der Waals surface area contributed by atoms with Gasteiger partial charge in [-0.3, -0.25) is 14.5 Å². The van der Waals surface area contributed by atoms with E-state index in [1.165, 1.54) is 0 Å². The van der Waals surface area contributed by atoms with Gasteiger partial charge >= 0.3 is 0 Å². The number of carbonyl (C=O) groups excluding carboxylic acids is 2. The van der Waals surface area contributed by atoms with Crippen LogP contribution in [-0.2, 0) is 9.59 Å². The summed E-state index contributed by atoms with van der Waals surface area (Å²) >= 11 is 0. The molecule has 0 aromatic heterocycles. The van der Waals surface area contributed by atoms with E-state index < -0.39 is 0 Å². The summed E-state index contributed by atoms with van der Waals surface area (Å²) in [4.78, 5) is 29.6. The van der Waals surface area contributed by atoms with Gasteiger partial charge in [-0.25, -0.2) is 0 Å². The molecule has 2 rings (SSSR count). The number of nitriles is 1. The standard InChI is InChI=1S/C18H24N4O3/c1-20(2)17(23)13-21-8-3-9-22(11-10-21)18(24)14-25-16-6-4-15(12-19)5-7-16/h4-7H,3,8-11,13-14H2,1-2H3. The maximum Gasteiger partial charge on any atom is 0.260 e. The summed E-state index contributed by atoms with van der Waals surface area (Å²) in [6, 6.07) is 8.72. The summed E-state index contributed by atoms with van der Waals surface area (Å²) in [5.74, 6) is 0.578. The van der Waals surface area contributed by atoms with Gasteiger partial charge in [0.15, 0.2) is 6.61 Å². The third kappa shape index (κ3) is 5.76. The van der Waals surface area contributed by atoms with Gasteiger partial charge in [-0.05, 0) is 30.7 Å². The van der Waals surface area contributed by atoms with Crippen LogP contribution in [0, 0.1) is 11.3 Å². The van der Waals surface area contributed by atoms with Crippen molar-refractivity contribution in [1.82, 2.24) is 14.7 Å². The molecule has 0 bridgehead atoms. The zero-order valence-corrected chi connectivity index (χ0v) is 14.8. The van der Waals surface area contributed by atoms with Crippen molar-refractivity contribution in [3.63, 3.8) is 0 Å². The Labute approximate surface area is 148 Å². The van der Waals surface area contributed by atoms with E-state index in [-0.39, 0.29) is 18.4 Å². The number of nitrogens with zero attached hydrogens (tertiary/aromatic N) is 4. The summed E-state index contributed by atoms with van der Waals surface area (Å²) in [5, 5.41) is 8.77. The Morgan fingerprint density at radius 2 is 1.88 bits per heavy atom. The summed E-state index contributed by atoms with van der Waals surface area (Å²) in [7, 11) is 3.49. The Bertz CT molecular complexity index is 637. The first kappa shape index (κ1) is 18.7. The van der Waals surface area contributed by atoms with E-state index in [9.17, 15) is 9.59 Å². The Hall–Kier alpha value is -2.59. The fourth-order valence-electron chi connectivity index (χ4n) is 2.57. The monoisotopic (exact) mass is 344 g/mol. The van der Waals surface area contributed by atoms with E-state index in [4.69, 9.17) is 10.00 Å². The van der Waals surface area contributed by atoms with Crippen molar-refractivity contribution in [3.05, 3.63) is 29.8 Å². The second kappa shape index (κ2) is 9.04. The van der Waals surface area contributed by atoms with Gasteiger partial charge in [0.2, 0.25) is 5.91 Å². The normalized spacial score (nSPS) is 15.2. The van der Waals surface area contributed by atoms with Crippen molar-refractivity contribution < 1.29 is 14.3 Å². The van der Waals surface area contributed by atoms with Crippen LogP contribution in [-0.4, -0.2) is 79.9 Å². The van der Waals surface area contributed by atoms with E-state index in [1.807, 2.05) is 6.07 Å². The van der Waals surface area contributed by atoms with Gasteiger partial charge in [0.1, 0.15) is 5.75 Å². The van der Waals surface area contributed by atoms with Crippen molar-refractivity contribution in [1.29, 1.82) is 5.26 Å². The molecule has 7 nitrogen and oxygen atoms in total. The zero-order chi connectivity index (χ0) is 18.2. The van der Waals surface area contributed by atoms with E-state index >= 15 is 0 Å². The van der Waals surface area contributed by atoms with Crippen LogP contribution >= 0.6 is 0 Å². The number of hydrogen-bond donors (Lipinski definition) is 0. The molecule has 0 atom stereocenters. The van der Waals surface area contributed by atoms with Crippen LogP contribution in [0.25, 0.3) is 0 Å². The summed E-state index contributed by atoms with van der Waals surface area (Å²) in [6.07, 6.45) is 0.837. The highest BCUT2D eigenvalue weighted by molar-refractivity contribution is 5.78. The molecule has 1 aromatic carbocycles. The molecular formula is C18H24N4O3. The van der Waals surface area contributed by atoms with Crippen LogP contribution in [0.2, 0.25) is 0 Å². The Kier molecular flexibility index (Phi) is 6.78. The van der Waals surface area contributed by atoms with Gasteiger partial charge in [0.25, 0.3) is 5.91 Å². The van der Waals surface area contributed by atoms with Gasteiger partial charge in [-0.2, -0.15) is 5.26 Å². The third-order valence-electron chi connectivity index (χ3n) is 4.14. The van der Waals surface area contributed by atoms with Gasteiger partial charge in [-0.1, -0.05) is 0 Å². The molecular weight excluding hydrogens is 320 g/mol. The van der Waals surface area contributed by atoms with Crippen LogP contribution < -0.4 is 4.74 Å². The zero-order valence-electron chi connectivity index (χ0n) is 14.8. The van der Waals surface area contributed by atoms with Crippen molar-refractivity contribution in [2.75, 3.05) is 53.4 Å². The number of benzene rings is 1. The minimum atomic E-state index is -0.0647. The van der Waals surface area contributed by atoms with Crippen molar-refractivity contribution in [2.45, 2.75) is 6.42 Å². The molecule has 1 aliphatic rings. The first-order valence-corrected chi connectivity index (χ1v) is 8.33. The SMILES string of the molecule is CN(C)C(=O)CN1CCCN(C(=O)COc2ccc(C#N)cc2)CC1. The van der Waals surface area contributed by atoms with Crippen molar-refractivity contribution in [3.8, 4) is 11.8 Å². The Morgan fingerprint density at radius 1 is 1.16 bits per heavy atom. The van der Waals surface area contributed by atoms with Crippen molar-refractivity contribution >= 4 is 11.8 Å². The molecule has 0 N–H and O–H groups in total. The van der Waals surface area contributed by atoms with Gasteiger partial charge in [0, 0.05) is 40.3 Å². The average Bonchev–Trinajstić information content (AvgIpc) is 2.85. The van der Waals surface area contributed by atoms with Crippen LogP contribution in [0.1, 0.15) is 12.0 Å². The second-order valence-electron chi connectivity index (χ2n) is 6.22. The molecule has 0 spiro atoms. The second-order valence-corrected chi connectivity index (χ2v) is 6.22. The van der Waals surface area contributed by atoms with E-state index in [0.29, 0.717) is 37.5 Å². The predicted molar refractivity (Wildman–Crippen MR) is 93.0 cm³/mol. The smallest absolute Gasteiger partial charge is 0.260 e. The summed E-state index contributed by atoms with van der Waals surface area (Å²) < 4.78 is 5.51. The average molecular weight is 344 g/mol. The molecule has 1 aromatic rings. The van der Waals surface area contributed by atoms with Crippen LogP contribution in [0.3, 0.4) is 0 Å². The highest BCUT2D eigenvalue weighted by Gasteiger charge is 2.21. The predicted octanol–water partition coefficient (Wildman–Crippen LogP) is 0.560. The summed E-state index contributed by atoms with van der Waals surface area (Å²) in [6.45, 7) is 3.11. The highest BCUT2D eigenvalue weighted by Crippen LogP contribution is 2.12. The van der Waals surface area contributed by atoms with E-state index in [2.05, 4.69) is 4.90 Å². The van der Waals surface area contributed by atoms with Gasteiger partial charge in [0.05, 0.1) is 18.2 Å². The van der Waals surface area contributed by atoms with Crippen LogP contribution in [0.5, 0.6) is 5.75 Å². The molecule has 134 valence electrons. The molecule has 2 amide bonds. The number of rotatable bonds is 5. The van der Waals surface area contributed by atoms with E-state index in [0.717, 1.165) is 13.0 Å². The molecule has 1 heterocycles. The number of carbonyl (C=O) groups is 2. The van der Waals surface area contributed by atoms with Crippen LogP contribution in [0.4, 0.5) is 0 Å². The molecule has 1 saturated heterocycles. The highest BCUT2D eigenvalue weighted by atomic mass is 16.5. The minimum absolute atomic E-state index is 0.0253. The maximum absolute atomic E-state index is 12.3. The van der Waals surface area contributed by atoms with E-state index in [1.54, 1.807) is 48.2 Å². The van der Waals surface area contributed by atoms with Crippen LogP contribution in [0.15, 0.2) is 24.3 Å². The molecule has 0 saturated carbocycles. The topological polar surface area (TPSA) is 76.9 Å². The molecule has 1 aliphatic heterocycles. The quantitative estimate of drug-likeness (QED) is 0.780. The first-order chi connectivity index (χ1) is 12.0. The number of ether oxygens (including phenoxy) is 1. The molecule has 1 fully saturated rings.